The highest BCUT2D eigenvalue weighted by atomic mass is 32.1. The van der Waals surface area contributed by atoms with Gasteiger partial charge in [0.1, 0.15) is 10.6 Å². The number of aromatic nitrogens is 1. The first kappa shape index (κ1) is 14.9. The Morgan fingerprint density at radius 2 is 2.30 bits per heavy atom. The minimum absolute atomic E-state index is 0.0808. The number of ether oxygens (including phenoxy) is 1. The number of anilines is 1. The van der Waals surface area contributed by atoms with Crippen molar-refractivity contribution >= 4 is 28.4 Å². The van der Waals surface area contributed by atoms with Crippen LogP contribution in [-0.2, 0) is 9.53 Å². The van der Waals surface area contributed by atoms with E-state index >= 15 is 0 Å². The molecule has 0 aliphatic carbocycles. The lowest BCUT2D eigenvalue weighted by Gasteiger charge is -2.22. The van der Waals surface area contributed by atoms with E-state index in [0.717, 1.165) is 37.4 Å². The third-order valence-corrected chi connectivity index (χ3v) is 4.15. The number of amides is 1. The van der Waals surface area contributed by atoms with Gasteiger partial charge in [0.05, 0.1) is 11.8 Å². The molecule has 1 aromatic rings. The summed E-state index contributed by atoms with van der Waals surface area (Å²) in [6, 6.07) is 0. The average molecular weight is 298 g/mol. The van der Waals surface area contributed by atoms with Crippen molar-refractivity contribution in [2.75, 3.05) is 11.9 Å². The van der Waals surface area contributed by atoms with E-state index < -0.39 is 5.97 Å². The van der Waals surface area contributed by atoms with Crippen molar-refractivity contribution in [3.05, 3.63) is 11.3 Å². The lowest BCUT2D eigenvalue weighted by atomic mass is 10.0. The first-order valence-electron chi connectivity index (χ1n) is 6.69. The maximum atomic E-state index is 11.9. The summed E-state index contributed by atoms with van der Waals surface area (Å²) in [7, 11) is 0. The highest BCUT2D eigenvalue weighted by Crippen LogP contribution is 2.25. The molecule has 2 N–H and O–H groups in total. The molecule has 1 aliphatic rings. The van der Waals surface area contributed by atoms with Crippen molar-refractivity contribution in [2.24, 2.45) is 0 Å². The molecule has 1 saturated heterocycles. The summed E-state index contributed by atoms with van der Waals surface area (Å²) in [6.07, 6.45) is 4.38. The second-order valence-corrected chi connectivity index (χ2v) is 5.63. The van der Waals surface area contributed by atoms with Crippen molar-refractivity contribution in [1.82, 2.24) is 4.37 Å². The van der Waals surface area contributed by atoms with Gasteiger partial charge in [0.15, 0.2) is 0 Å². The summed E-state index contributed by atoms with van der Waals surface area (Å²) in [5.41, 5.74) is 0.505. The molecular formula is C13H18N2O4S. The fourth-order valence-corrected chi connectivity index (χ4v) is 3.03. The van der Waals surface area contributed by atoms with Crippen molar-refractivity contribution in [3.8, 4) is 0 Å². The third-order valence-electron chi connectivity index (χ3n) is 3.30. The van der Waals surface area contributed by atoms with Crippen molar-refractivity contribution in [1.29, 1.82) is 0 Å². The SMILES string of the molecule is Cc1nsc(NC(=O)CCC2CCCCO2)c1C(=O)O. The maximum absolute atomic E-state index is 11.9. The zero-order valence-corrected chi connectivity index (χ0v) is 12.2. The number of hydrogen-bond acceptors (Lipinski definition) is 5. The first-order valence-corrected chi connectivity index (χ1v) is 7.46. The Kier molecular flexibility index (Phi) is 5.08. The van der Waals surface area contributed by atoms with Gasteiger partial charge in [-0.2, -0.15) is 4.37 Å². The largest absolute Gasteiger partial charge is 0.478 e. The van der Waals surface area contributed by atoms with Gasteiger partial charge < -0.3 is 15.2 Å². The lowest BCUT2D eigenvalue weighted by Crippen LogP contribution is -2.22. The van der Waals surface area contributed by atoms with Crippen LogP contribution < -0.4 is 5.32 Å². The van der Waals surface area contributed by atoms with E-state index in [-0.39, 0.29) is 17.6 Å². The summed E-state index contributed by atoms with van der Waals surface area (Å²) in [6.45, 7) is 2.38. The van der Waals surface area contributed by atoms with E-state index in [4.69, 9.17) is 9.84 Å². The molecule has 6 nitrogen and oxygen atoms in total. The molecule has 2 heterocycles. The molecule has 7 heteroatoms. The molecule has 110 valence electrons. The van der Waals surface area contributed by atoms with E-state index in [2.05, 4.69) is 9.69 Å². The van der Waals surface area contributed by atoms with Gasteiger partial charge >= 0.3 is 5.97 Å². The van der Waals surface area contributed by atoms with Crippen molar-refractivity contribution in [2.45, 2.75) is 45.1 Å². The second-order valence-electron chi connectivity index (χ2n) is 4.85. The Balaban J connectivity index is 1.86. The highest BCUT2D eigenvalue weighted by molar-refractivity contribution is 7.11. The van der Waals surface area contributed by atoms with E-state index in [9.17, 15) is 9.59 Å². The van der Waals surface area contributed by atoms with Gasteiger partial charge in [0.25, 0.3) is 0 Å². The number of nitrogens with zero attached hydrogens (tertiary/aromatic N) is 1. The molecule has 0 spiro atoms. The van der Waals surface area contributed by atoms with Crippen LogP contribution >= 0.6 is 11.5 Å². The number of nitrogens with one attached hydrogen (secondary N) is 1. The topological polar surface area (TPSA) is 88.5 Å². The summed E-state index contributed by atoms with van der Waals surface area (Å²) in [5, 5.41) is 12.0. The van der Waals surface area contributed by atoms with Gasteiger partial charge in [0.2, 0.25) is 5.91 Å². The van der Waals surface area contributed by atoms with Crippen LogP contribution in [0.2, 0.25) is 0 Å². The molecule has 0 aromatic carbocycles. The Labute approximate surface area is 121 Å². The quantitative estimate of drug-likeness (QED) is 0.871. The number of rotatable bonds is 5. The van der Waals surface area contributed by atoms with Crippen LogP contribution in [0.15, 0.2) is 0 Å². The molecule has 1 aliphatic heterocycles. The van der Waals surface area contributed by atoms with Gasteiger partial charge in [0, 0.05) is 13.0 Å². The predicted octanol–water partition coefficient (Wildman–Crippen LogP) is 2.44. The number of carbonyl (C=O) groups excluding carboxylic acids is 1. The molecule has 1 fully saturated rings. The minimum Gasteiger partial charge on any atom is -0.478 e. The van der Waals surface area contributed by atoms with Gasteiger partial charge in [-0.25, -0.2) is 4.79 Å². The summed E-state index contributed by atoms with van der Waals surface area (Å²) in [5.74, 6) is -1.26. The average Bonchev–Trinajstić information content (AvgIpc) is 2.78. The highest BCUT2D eigenvalue weighted by Gasteiger charge is 2.20. The second kappa shape index (κ2) is 6.81. The number of carboxylic acid groups (broad SMARTS) is 1. The number of carbonyl (C=O) groups is 2. The Bertz CT molecular complexity index is 495. The molecule has 1 unspecified atom stereocenters. The van der Waals surface area contributed by atoms with Crippen LogP contribution in [0.5, 0.6) is 0 Å². The minimum atomic E-state index is -1.07. The van der Waals surface area contributed by atoms with Crippen molar-refractivity contribution in [3.63, 3.8) is 0 Å². The zero-order chi connectivity index (χ0) is 14.5. The van der Waals surface area contributed by atoms with E-state index in [0.29, 0.717) is 23.5 Å². The zero-order valence-electron chi connectivity index (χ0n) is 11.3. The van der Waals surface area contributed by atoms with E-state index in [1.165, 1.54) is 0 Å². The molecule has 1 aromatic heterocycles. The first-order chi connectivity index (χ1) is 9.58. The van der Waals surface area contributed by atoms with Gasteiger partial charge in [-0.05, 0) is 44.1 Å². The molecule has 1 atom stereocenters. The predicted molar refractivity (Wildman–Crippen MR) is 75.3 cm³/mol. The maximum Gasteiger partial charge on any atom is 0.340 e. The van der Waals surface area contributed by atoms with Crippen LogP contribution in [0.1, 0.15) is 48.2 Å². The van der Waals surface area contributed by atoms with Crippen LogP contribution in [0.25, 0.3) is 0 Å². The Morgan fingerprint density at radius 3 is 2.95 bits per heavy atom. The monoisotopic (exact) mass is 298 g/mol. The number of aromatic carboxylic acids is 1. The van der Waals surface area contributed by atoms with Gasteiger partial charge in [-0.3, -0.25) is 4.79 Å². The van der Waals surface area contributed by atoms with Crippen LogP contribution in [0.3, 0.4) is 0 Å². The smallest absolute Gasteiger partial charge is 0.340 e. The van der Waals surface area contributed by atoms with Crippen LogP contribution in [0.4, 0.5) is 5.00 Å². The van der Waals surface area contributed by atoms with E-state index in [1.54, 1.807) is 6.92 Å². The van der Waals surface area contributed by atoms with Gasteiger partial charge in [-0.15, -0.1) is 0 Å². The standard InChI is InChI=1S/C13H18N2O4S/c1-8-11(13(17)18)12(20-15-8)14-10(16)6-5-9-4-2-3-7-19-9/h9H,2-7H2,1H3,(H,14,16)(H,17,18). The van der Waals surface area contributed by atoms with Gasteiger partial charge in [-0.1, -0.05) is 0 Å². The molecular weight excluding hydrogens is 280 g/mol. The molecule has 20 heavy (non-hydrogen) atoms. The Hall–Kier alpha value is -1.47. The number of carboxylic acids is 1. The molecule has 2 rings (SSSR count). The Morgan fingerprint density at radius 1 is 1.50 bits per heavy atom. The normalized spacial score (nSPS) is 18.8. The van der Waals surface area contributed by atoms with Crippen molar-refractivity contribution < 1.29 is 19.4 Å². The lowest BCUT2D eigenvalue weighted by molar-refractivity contribution is -0.117. The number of hydrogen-bond donors (Lipinski definition) is 2. The summed E-state index contributed by atoms with van der Waals surface area (Å²) < 4.78 is 9.52. The fraction of sp³-hybridized carbons (Fsp3) is 0.615. The summed E-state index contributed by atoms with van der Waals surface area (Å²) >= 11 is 1.00. The fourth-order valence-electron chi connectivity index (χ4n) is 2.22. The van der Waals surface area contributed by atoms with Crippen LogP contribution in [0, 0.1) is 6.92 Å². The molecule has 0 radical (unpaired) electrons. The molecule has 1 amide bonds. The third kappa shape index (κ3) is 3.77. The summed E-state index contributed by atoms with van der Waals surface area (Å²) in [4.78, 5) is 22.9. The molecule has 0 bridgehead atoms. The van der Waals surface area contributed by atoms with Crippen LogP contribution in [-0.4, -0.2) is 34.1 Å². The molecule has 0 saturated carbocycles. The number of aryl methyl sites for hydroxylation is 1. The van der Waals surface area contributed by atoms with E-state index in [1.807, 2.05) is 0 Å².